The number of nitrogens with zero attached hydrogens (tertiary/aromatic N) is 3. The molecule has 6 heteroatoms. The number of benzene rings is 2. The molecule has 0 bridgehead atoms. The van der Waals surface area contributed by atoms with E-state index in [9.17, 15) is 4.79 Å². The number of aromatic nitrogens is 2. The second kappa shape index (κ2) is 8.61. The minimum absolute atomic E-state index is 0.170. The van der Waals surface area contributed by atoms with Crippen LogP contribution in [-0.4, -0.2) is 22.7 Å². The number of methoxy groups -OCH3 is 1. The third-order valence-electron chi connectivity index (χ3n) is 4.80. The average molecular weight is 398 g/mol. The van der Waals surface area contributed by atoms with E-state index in [2.05, 4.69) is 10.3 Å². The average Bonchev–Trinajstić information content (AvgIpc) is 2.79. The van der Waals surface area contributed by atoms with Crippen LogP contribution in [-0.2, 0) is 6.54 Å². The van der Waals surface area contributed by atoms with Gasteiger partial charge in [-0.1, -0.05) is 36.4 Å². The fraction of sp³-hybridized carbons (Fsp3) is 0.125. The molecule has 0 amide bonds. The summed E-state index contributed by atoms with van der Waals surface area (Å²) in [5.41, 5.74) is 3.61. The largest absolute Gasteiger partial charge is 0.497 e. The number of hydrogen-bond donors (Lipinski definition) is 1. The molecule has 0 radical (unpaired) electrons. The molecule has 4 aromatic rings. The first kappa shape index (κ1) is 19.4. The monoisotopic (exact) mass is 398 g/mol. The second-order valence-corrected chi connectivity index (χ2v) is 6.86. The first-order valence-electron chi connectivity index (χ1n) is 9.63. The number of hydrogen-bond acceptors (Lipinski definition) is 5. The van der Waals surface area contributed by atoms with Crippen LogP contribution in [0.3, 0.4) is 0 Å². The zero-order valence-corrected chi connectivity index (χ0v) is 16.9. The van der Waals surface area contributed by atoms with Gasteiger partial charge in [0.05, 0.1) is 12.8 Å². The van der Waals surface area contributed by atoms with Gasteiger partial charge in [-0.25, -0.2) is 4.98 Å². The number of nitrogens with one attached hydrogen (secondary N) is 1. The summed E-state index contributed by atoms with van der Waals surface area (Å²) in [6.07, 6.45) is 3.29. The molecule has 150 valence electrons. The Kier molecular flexibility index (Phi) is 5.57. The van der Waals surface area contributed by atoms with Crippen LogP contribution in [0.15, 0.2) is 82.7 Å². The Hall–Kier alpha value is -3.93. The maximum Gasteiger partial charge on any atom is 0.268 e. The van der Waals surface area contributed by atoms with Crippen LogP contribution in [0, 0.1) is 6.92 Å². The lowest BCUT2D eigenvalue weighted by atomic mass is 10.2. The SMILES string of the molecule is COc1ccc(N=Cc2c(NCc3ccccc3)nc3c(C)cccn3c2=O)cc1. The zero-order valence-electron chi connectivity index (χ0n) is 16.9. The van der Waals surface area contributed by atoms with Crippen LogP contribution in [0.1, 0.15) is 16.7 Å². The highest BCUT2D eigenvalue weighted by Gasteiger charge is 2.12. The molecule has 0 aliphatic carbocycles. The molecule has 2 heterocycles. The Bertz CT molecular complexity index is 1250. The van der Waals surface area contributed by atoms with E-state index in [1.165, 1.54) is 0 Å². The van der Waals surface area contributed by atoms with E-state index in [0.29, 0.717) is 23.6 Å². The first-order chi connectivity index (χ1) is 14.7. The van der Waals surface area contributed by atoms with E-state index < -0.39 is 0 Å². The van der Waals surface area contributed by atoms with Crippen molar-refractivity contribution in [1.82, 2.24) is 9.38 Å². The second-order valence-electron chi connectivity index (χ2n) is 6.86. The lowest BCUT2D eigenvalue weighted by Gasteiger charge is -2.12. The van der Waals surface area contributed by atoms with E-state index >= 15 is 0 Å². The van der Waals surface area contributed by atoms with Gasteiger partial charge in [-0.05, 0) is 48.4 Å². The summed E-state index contributed by atoms with van der Waals surface area (Å²) in [6.45, 7) is 2.49. The number of rotatable bonds is 6. The molecule has 0 aliphatic rings. The summed E-state index contributed by atoms with van der Waals surface area (Å²) < 4.78 is 6.73. The molecule has 4 rings (SSSR count). The molecular formula is C24H22N4O2. The van der Waals surface area contributed by atoms with E-state index in [-0.39, 0.29) is 5.56 Å². The van der Waals surface area contributed by atoms with Crippen LogP contribution in [0.4, 0.5) is 11.5 Å². The molecular weight excluding hydrogens is 376 g/mol. The Morgan fingerprint density at radius 1 is 1.07 bits per heavy atom. The van der Waals surface area contributed by atoms with Crippen LogP contribution >= 0.6 is 0 Å². The Labute approximate surface area is 174 Å². The minimum atomic E-state index is -0.170. The van der Waals surface area contributed by atoms with Gasteiger partial charge in [0, 0.05) is 19.0 Å². The summed E-state index contributed by atoms with van der Waals surface area (Å²) in [5.74, 6) is 1.26. The maximum atomic E-state index is 13.2. The van der Waals surface area contributed by atoms with E-state index in [1.807, 2.05) is 73.7 Å². The van der Waals surface area contributed by atoms with Crippen LogP contribution in [0.25, 0.3) is 5.65 Å². The maximum absolute atomic E-state index is 13.2. The standard InChI is InChI=1S/C24H22N4O2/c1-17-7-6-14-28-23(17)27-22(26-15-18-8-4-3-5-9-18)21(24(28)29)16-25-19-10-12-20(30-2)13-11-19/h3-14,16,26H,15H2,1-2H3. The minimum Gasteiger partial charge on any atom is -0.497 e. The van der Waals surface area contributed by atoms with Gasteiger partial charge >= 0.3 is 0 Å². The van der Waals surface area contributed by atoms with Crippen LogP contribution < -0.4 is 15.6 Å². The molecule has 2 aromatic heterocycles. The van der Waals surface area contributed by atoms with Crippen molar-refractivity contribution >= 4 is 23.4 Å². The van der Waals surface area contributed by atoms with E-state index in [0.717, 1.165) is 22.6 Å². The normalized spacial score (nSPS) is 11.1. The predicted molar refractivity (Wildman–Crippen MR) is 120 cm³/mol. The van der Waals surface area contributed by atoms with Crippen molar-refractivity contribution in [3.8, 4) is 5.75 Å². The van der Waals surface area contributed by atoms with E-state index in [4.69, 9.17) is 9.72 Å². The fourth-order valence-corrected chi connectivity index (χ4v) is 3.15. The number of pyridine rings is 1. The molecule has 6 nitrogen and oxygen atoms in total. The van der Waals surface area contributed by atoms with Crippen molar-refractivity contribution < 1.29 is 4.74 Å². The van der Waals surface area contributed by atoms with Gasteiger partial charge in [-0.3, -0.25) is 14.2 Å². The summed E-state index contributed by atoms with van der Waals surface area (Å²) in [5, 5.41) is 3.31. The van der Waals surface area contributed by atoms with Gasteiger partial charge < -0.3 is 10.1 Å². The summed E-state index contributed by atoms with van der Waals surface area (Å²) in [6, 6.07) is 21.1. The summed E-state index contributed by atoms with van der Waals surface area (Å²) in [7, 11) is 1.62. The van der Waals surface area contributed by atoms with Crippen molar-refractivity contribution in [2.45, 2.75) is 13.5 Å². The quantitative estimate of drug-likeness (QED) is 0.490. The highest BCUT2D eigenvalue weighted by molar-refractivity contribution is 5.88. The fourth-order valence-electron chi connectivity index (χ4n) is 3.15. The molecule has 2 aromatic carbocycles. The van der Waals surface area contributed by atoms with Gasteiger partial charge in [-0.2, -0.15) is 0 Å². The Morgan fingerprint density at radius 3 is 2.57 bits per heavy atom. The third kappa shape index (κ3) is 4.07. The van der Waals surface area contributed by atoms with E-state index in [1.54, 1.807) is 23.9 Å². The number of ether oxygens (including phenoxy) is 1. The predicted octanol–water partition coefficient (Wildman–Crippen LogP) is 4.37. The lowest BCUT2D eigenvalue weighted by molar-refractivity contribution is 0.415. The van der Waals surface area contributed by atoms with Crippen molar-refractivity contribution in [2.24, 2.45) is 4.99 Å². The summed E-state index contributed by atoms with van der Waals surface area (Å²) in [4.78, 5) is 22.4. The third-order valence-corrected chi connectivity index (χ3v) is 4.80. The smallest absolute Gasteiger partial charge is 0.268 e. The van der Waals surface area contributed by atoms with Gasteiger partial charge in [-0.15, -0.1) is 0 Å². The molecule has 0 unspecified atom stereocenters. The zero-order chi connectivity index (χ0) is 20.9. The topological polar surface area (TPSA) is 68.0 Å². The van der Waals surface area contributed by atoms with Gasteiger partial charge in [0.25, 0.3) is 5.56 Å². The Morgan fingerprint density at radius 2 is 1.83 bits per heavy atom. The number of aliphatic imine (C=N–C) groups is 1. The van der Waals surface area contributed by atoms with Gasteiger partial charge in [0.15, 0.2) is 0 Å². The van der Waals surface area contributed by atoms with Gasteiger partial charge in [0.1, 0.15) is 22.8 Å². The number of aryl methyl sites for hydroxylation is 1. The molecule has 0 saturated carbocycles. The highest BCUT2D eigenvalue weighted by atomic mass is 16.5. The molecule has 0 atom stereocenters. The van der Waals surface area contributed by atoms with Crippen LogP contribution in [0.5, 0.6) is 5.75 Å². The molecule has 0 aliphatic heterocycles. The first-order valence-corrected chi connectivity index (χ1v) is 9.63. The van der Waals surface area contributed by atoms with Crippen molar-refractivity contribution in [3.63, 3.8) is 0 Å². The number of fused-ring (bicyclic) bond motifs is 1. The van der Waals surface area contributed by atoms with Crippen molar-refractivity contribution in [3.05, 3.63) is 100.0 Å². The van der Waals surface area contributed by atoms with Crippen molar-refractivity contribution in [2.75, 3.05) is 12.4 Å². The summed E-state index contributed by atoms with van der Waals surface area (Å²) >= 11 is 0. The molecule has 30 heavy (non-hydrogen) atoms. The molecule has 1 N–H and O–H groups in total. The van der Waals surface area contributed by atoms with Crippen molar-refractivity contribution in [1.29, 1.82) is 0 Å². The molecule has 0 spiro atoms. The number of anilines is 1. The Balaban J connectivity index is 1.75. The van der Waals surface area contributed by atoms with Gasteiger partial charge in [0.2, 0.25) is 0 Å². The highest BCUT2D eigenvalue weighted by Crippen LogP contribution is 2.19. The molecule has 0 fully saturated rings. The molecule has 0 saturated heterocycles. The van der Waals surface area contributed by atoms with Crippen LogP contribution in [0.2, 0.25) is 0 Å². The lowest BCUT2D eigenvalue weighted by Crippen LogP contribution is -2.23.